The number of pyridine rings is 1. The van der Waals surface area contributed by atoms with Crippen molar-refractivity contribution in [2.45, 2.75) is 25.3 Å². The van der Waals surface area contributed by atoms with Crippen molar-refractivity contribution in [3.05, 3.63) is 27.0 Å². The van der Waals surface area contributed by atoms with Crippen molar-refractivity contribution in [1.29, 1.82) is 0 Å². The lowest BCUT2D eigenvalue weighted by Crippen LogP contribution is -2.45. The molecule has 1 aliphatic rings. The van der Waals surface area contributed by atoms with Crippen LogP contribution in [0.25, 0.3) is 0 Å². The highest BCUT2D eigenvalue weighted by Gasteiger charge is 2.34. The Hall–Kier alpha value is -1.70. The Bertz CT molecular complexity index is 523. The number of carboxylic acids is 1. The smallest absolute Gasteiger partial charge is 0.326 e. The van der Waals surface area contributed by atoms with Crippen molar-refractivity contribution in [3.63, 3.8) is 0 Å². The number of carboxylic acid groups (broad SMARTS) is 1. The van der Waals surface area contributed by atoms with Gasteiger partial charge in [0.2, 0.25) is 0 Å². The van der Waals surface area contributed by atoms with Crippen LogP contribution in [-0.2, 0) is 4.79 Å². The molecule has 19 heavy (non-hydrogen) atoms. The van der Waals surface area contributed by atoms with Crippen LogP contribution in [0, 0.1) is 10.1 Å². The van der Waals surface area contributed by atoms with E-state index in [1.165, 1.54) is 6.20 Å². The summed E-state index contributed by atoms with van der Waals surface area (Å²) in [5, 5.41) is 20.3. The third-order valence-corrected chi connectivity index (χ3v) is 3.71. The maximum atomic E-state index is 11.3. The van der Waals surface area contributed by atoms with Crippen LogP contribution in [0.3, 0.4) is 0 Å². The lowest BCUT2D eigenvalue weighted by molar-refractivity contribution is -0.384. The first-order valence-electron chi connectivity index (χ1n) is 5.79. The Morgan fingerprint density at radius 1 is 1.53 bits per heavy atom. The number of nitro groups is 1. The van der Waals surface area contributed by atoms with E-state index in [-0.39, 0.29) is 5.69 Å². The summed E-state index contributed by atoms with van der Waals surface area (Å²) in [4.78, 5) is 27.2. The number of carbonyl (C=O) groups is 1. The standard InChI is InChI=1S/C11H12BrN3O4/c12-7-5-13-6-9(15(18)19)10(7)14-4-2-1-3-8(14)11(16)17/h5-6,8H,1-4H2,(H,16,17). The van der Waals surface area contributed by atoms with Gasteiger partial charge in [-0.1, -0.05) is 0 Å². The molecule has 1 aromatic heterocycles. The van der Waals surface area contributed by atoms with Gasteiger partial charge in [-0.3, -0.25) is 15.1 Å². The fourth-order valence-corrected chi connectivity index (χ4v) is 2.84. The van der Waals surface area contributed by atoms with Gasteiger partial charge in [0.15, 0.2) is 0 Å². The van der Waals surface area contributed by atoms with Crippen molar-refractivity contribution < 1.29 is 14.8 Å². The molecule has 1 unspecified atom stereocenters. The molecule has 1 fully saturated rings. The maximum Gasteiger partial charge on any atom is 0.326 e. The molecule has 0 radical (unpaired) electrons. The molecule has 0 bridgehead atoms. The number of rotatable bonds is 3. The zero-order chi connectivity index (χ0) is 14.0. The van der Waals surface area contributed by atoms with Crippen molar-refractivity contribution in [1.82, 2.24) is 4.98 Å². The first kappa shape index (κ1) is 13.7. The van der Waals surface area contributed by atoms with Gasteiger partial charge in [-0.25, -0.2) is 4.79 Å². The number of hydrogen-bond donors (Lipinski definition) is 1. The molecule has 0 spiro atoms. The average Bonchev–Trinajstić information content (AvgIpc) is 2.38. The number of nitrogens with zero attached hydrogens (tertiary/aromatic N) is 3. The zero-order valence-electron chi connectivity index (χ0n) is 9.95. The molecule has 1 N–H and O–H groups in total. The monoisotopic (exact) mass is 329 g/mol. The van der Waals surface area contributed by atoms with Crippen LogP contribution in [0.1, 0.15) is 19.3 Å². The minimum Gasteiger partial charge on any atom is -0.480 e. The first-order chi connectivity index (χ1) is 9.02. The quantitative estimate of drug-likeness (QED) is 0.674. The second-order valence-corrected chi connectivity index (χ2v) is 5.14. The van der Waals surface area contributed by atoms with Crippen LogP contribution in [-0.4, -0.2) is 33.6 Å². The van der Waals surface area contributed by atoms with E-state index in [1.54, 1.807) is 4.90 Å². The molecule has 1 aromatic rings. The van der Waals surface area contributed by atoms with Gasteiger partial charge < -0.3 is 10.0 Å². The summed E-state index contributed by atoms with van der Waals surface area (Å²) in [6.45, 7) is 0.487. The van der Waals surface area contributed by atoms with Crippen molar-refractivity contribution in [2.24, 2.45) is 0 Å². The molecule has 0 saturated carbocycles. The summed E-state index contributed by atoms with van der Waals surface area (Å²) in [5.74, 6) is -0.960. The molecule has 1 aliphatic heterocycles. The first-order valence-corrected chi connectivity index (χ1v) is 6.59. The van der Waals surface area contributed by atoms with Crippen molar-refractivity contribution in [2.75, 3.05) is 11.4 Å². The molecule has 0 aliphatic carbocycles. The van der Waals surface area contributed by atoms with Crippen molar-refractivity contribution >= 4 is 33.3 Å². The summed E-state index contributed by atoms with van der Waals surface area (Å²) in [6.07, 6.45) is 4.70. The third-order valence-electron chi connectivity index (χ3n) is 3.13. The van der Waals surface area contributed by atoms with Crippen LogP contribution < -0.4 is 4.90 Å². The lowest BCUT2D eigenvalue weighted by Gasteiger charge is -2.34. The Kier molecular flexibility index (Phi) is 3.98. The molecular formula is C11H12BrN3O4. The average molecular weight is 330 g/mol. The van der Waals surface area contributed by atoms with Crippen LogP contribution in [0.5, 0.6) is 0 Å². The Balaban J connectivity index is 2.49. The molecule has 0 aromatic carbocycles. The van der Waals surface area contributed by atoms with E-state index >= 15 is 0 Å². The van der Waals surface area contributed by atoms with Gasteiger partial charge in [-0.2, -0.15) is 0 Å². The largest absolute Gasteiger partial charge is 0.480 e. The number of piperidine rings is 1. The highest BCUT2D eigenvalue weighted by Crippen LogP contribution is 2.38. The van der Waals surface area contributed by atoms with E-state index in [1.807, 2.05) is 0 Å². The molecule has 2 heterocycles. The third kappa shape index (κ3) is 2.67. The normalized spacial score (nSPS) is 19.2. The Labute approximate surface area is 117 Å². The van der Waals surface area contributed by atoms with E-state index in [4.69, 9.17) is 0 Å². The van der Waals surface area contributed by atoms with E-state index in [0.717, 1.165) is 19.0 Å². The lowest BCUT2D eigenvalue weighted by atomic mass is 10.0. The molecule has 8 heteroatoms. The maximum absolute atomic E-state index is 11.3. The van der Waals surface area contributed by atoms with Gasteiger partial charge >= 0.3 is 11.7 Å². The van der Waals surface area contributed by atoms with Crippen molar-refractivity contribution in [3.8, 4) is 0 Å². The Morgan fingerprint density at radius 3 is 2.89 bits per heavy atom. The molecule has 1 atom stereocenters. The van der Waals surface area contributed by atoms with E-state index in [2.05, 4.69) is 20.9 Å². The highest BCUT2D eigenvalue weighted by atomic mass is 79.9. The summed E-state index contributed by atoms with van der Waals surface area (Å²) >= 11 is 3.23. The summed E-state index contributed by atoms with van der Waals surface area (Å²) in [7, 11) is 0. The molecule has 102 valence electrons. The molecule has 2 rings (SSSR count). The number of anilines is 1. The van der Waals surface area contributed by atoms with Crippen LogP contribution in [0.4, 0.5) is 11.4 Å². The summed E-state index contributed by atoms with van der Waals surface area (Å²) in [5.41, 5.74) is 0.120. The SMILES string of the molecule is O=C(O)C1CCCCN1c1c(Br)cncc1[N+](=O)[O-]. The van der Waals surface area contributed by atoms with Crippen LogP contribution in [0.15, 0.2) is 16.9 Å². The Morgan fingerprint density at radius 2 is 2.26 bits per heavy atom. The summed E-state index contributed by atoms with van der Waals surface area (Å²) in [6, 6.07) is -0.730. The van der Waals surface area contributed by atoms with Crippen LogP contribution >= 0.6 is 15.9 Å². The molecule has 0 amide bonds. The second-order valence-electron chi connectivity index (χ2n) is 4.29. The van der Waals surface area contributed by atoms with E-state index in [9.17, 15) is 20.0 Å². The van der Waals surface area contributed by atoms with Gasteiger partial charge in [0.25, 0.3) is 0 Å². The van der Waals surface area contributed by atoms with E-state index < -0.39 is 16.9 Å². The van der Waals surface area contributed by atoms with Gasteiger partial charge in [0.1, 0.15) is 17.9 Å². The molecular weight excluding hydrogens is 318 g/mol. The van der Waals surface area contributed by atoms with Gasteiger partial charge in [-0.05, 0) is 35.2 Å². The van der Waals surface area contributed by atoms with Gasteiger partial charge in [-0.15, -0.1) is 0 Å². The minimum atomic E-state index is -0.960. The second kappa shape index (κ2) is 5.52. The van der Waals surface area contributed by atoms with E-state index in [0.29, 0.717) is 23.1 Å². The van der Waals surface area contributed by atoms with Gasteiger partial charge in [0, 0.05) is 12.7 Å². The highest BCUT2D eigenvalue weighted by molar-refractivity contribution is 9.10. The number of hydrogen-bond acceptors (Lipinski definition) is 5. The minimum absolute atomic E-state index is 0.178. The topological polar surface area (TPSA) is 96.6 Å². The molecule has 7 nitrogen and oxygen atoms in total. The zero-order valence-corrected chi connectivity index (χ0v) is 11.5. The number of halogens is 1. The molecule has 1 saturated heterocycles. The fraction of sp³-hybridized carbons (Fsp3) is 0.455. The fourth-order valence-electron chi connectivity index (χ4n) is 2.29. The number of aliphatic carboxylic acids is 1. The predicted octanol–water partition coefficient (Wildman–Crippen LogP) is 2.20. The summed E-state index contributed by atoms with van der Waals surface area (Å²) < 4.78 is 0.440. The predicted molar refractivity (Wildman–Crippen MR) is 71.2 cm³/mol. The number of aromatic nitrogens is 1. The van der Waals surface area contributed by atoms with Crippen LogP contribution in [0.2, 0.25) is 0 Å². The van der Waals surface area contributed by atoms with Gasteiger partial charge in [0.05, 0.1) is 9.40 Å².